The smallest absolute Gasteiger partial charge is 0.230 e. The highest BCUT2D eigenvalue weighted by atomic mass is 35.5. The van der Waals surface area contributed by atoms with Crippen molar-refractivity contribution >= 4 is 11.6 Å². The summed E-state index contributed by atoms with van der Waals surface area (Å²) in [5.74, 6) is -6.72. The van der Waals surface area contributed by atoms with E-state index in [0.29, 0.717) is 0 Å². The maximum Gasteiger partial charge on any atom is 0.433 e. The standard InChI is InChI=1S/C7H2ClF11/c8-2(1-9)4(11,7(17,18)19)5(12,13)3(10)6(14,15)16/h1,3H. The number of rotatable bonds is 3. The number of hydrogen-bond donors (Lipinski definition) is 0. The van der Waals surface area contributed by atoms with E-state index in [1.807, 2.05) is 0 Å². The van der Waals surface area contributed by atoms with Crippen molar-refractivity contribution in [3.05, 3.63) is 11.4 Å². The summed E-state index contributed by atoms with van der Waals surface area (Å²) in [6.07, 6.45) is -20.4. The lowest BCUT2D eigenvalue weighted by Gasteiger charge is -2.36. The van der Waals surface area contributed by atoms with Gasteiger partial charge in [0.1, 0.15) is 6.33 Å². The molecule has 19 heavy (non-hydrogen) atoms. The predicted octanol–water partition coefficient (Wildman–Crippen LogP) is 4.84. The van der Waals surface area contributed by atoms with E-state index < -0.39 is 41.5 Å². The van der Waals surface area contributed by atoms with E-state index in [1.54, 1.807) is 0 Å². The second-order valence-corrected chi connectivity index (χ2v) is 3.55. The van der Waals surface area contributed by atoms with Gasteiger partial charge in [-0.1, -0.05) is 11.6 Å². The summed E-state index contributed by atoms with van der Waals surface area (Å²) in [7, 11) is 0. The normalized spacial score (nSPS) is 20.1. The molecule has 0 saturated heterocycles. The van der Waals surface area contributed by atoms with E-state index in [9.17, 15) is 48.3 Å². The van der Waals surface area contributed by atoms with Gasteiger partial charge in [-0.3, -0.25) is 0 Å². The molecule has 0 aliphatic rings. The minimum Gasteiger partial charge on any atom is -0.230 e. The minimum atomic E-state index is -6.79. The molecule has 0 amide bonds. The van der Waals surface area contributed by atoms with Gasteiger partial charge in [0.2, 0.25) is 0 Å². The summed E-state index contributed by atoms with van der Waals surface area (Å²) in [5.41, 5.74) is -6.36. The summed E-state index contributed by atoms with van der Waals surface area (Å²) in [4.78, 5) is 0. The average molecular weight is 331 g/mol. The summed E-state index contributed by atoms with van der Waals surface area (Å²) in [6.45, 7) is 0. The van der Waals surface area contributed by atoms with Gasteiger partial charge in [0.05, 0.1) is 5.03 Å². The van der Waals surface area contributed by atoms with Crippen molar-refractivity contribution in [2.75, 3.05) is 0 Å². The van der Waals surface area contributed by atoms with Crippen LogP contribution in [0.2, 0.25) is 0 Å². The first-order chi connectivity index (χ1) is 8.14. The first-order valence-corrected chi connectivity index (χ1v) is 4.32. The molecule has 0 radical (unpaired) electrons. The Bertz CT molecular complexity index is 353. The number of alkyl halides is 10. The highest BCUT2D eigenvalue weighted by Crippen LogP contribution is 2.55. The van der Waals surface area contributed by atoms with Crippen LogP contribution < -0.4 is 0 Å². The Morgan fingerprint density at radius 3 is 1.47 bits per heavy atom. The largest absolute Gasteiger partial charge is 0.433 e. The summed E-state index contributed by atoms with van der Waals surface area (Å²) < 4.78 is 134. The summed E-state index contributed by atoms with van der Waals surface area (Å²) in [5, 5.41) is -2.96. The van der Waals surface area contributed by atoms with Crippen LogP contribution in [0.1, 0.15) is 0 Å². The Balaban J connectivity index is 6.05. The number of hydrogen-bond acceptors (Lipinski definition) is 0. The van der Waals surface area contributed by atoms with Gasteiger partial charge < -0.3 is 0 Å². The number of allylic oxidation sites excluding steroid dienone is 1. The van der Waals surface area contributed by atoms with Crippen LogP contribution in [-0.2, 0) is 0 Å². The van der Waals surface area contributed by atoms with E-state index in [2.05, 4.69) is 11.6 Å². The molecule has 0 aromatic heterocycles. The van der Waals surface area contributed by atoms with Crippen LogP contribution in [0.3, 0.4) is 0 Å². The maximum atomic E-state index is 13.2. The molecular formula is C7H2ClF11. The van der Waals surface area contributed by atoms with Gasteiger partial charge in [0.25, 0.3) is 6.17 Å². The molecule has 2 unspecified atom stereocenters. The van der Waals surface area contributed by atoms with Gasteiger partial charge in [-0.25, -0.2) is 13.2 Å². The molecule has 114 valence electrons. The fourth-order valence-corrected chi connectivity index (χ4v) is 1.17. The molecule has 12 heteroatoms. The predicted molar refractivity (Wildman–Crippen MR) is 40.8 cm³/mol. The lowest BCUT2D eigenvalue weighted by atomic mass is 9.92. The molecule has 0 nitrogen and oxygen atoms in total. The van der Waals surface area contributed by atoms with Gasteiger partial charge >= 0.3 is 23.9 Å². The highest BCUT2D eigenvalue weighted by molar-refractivity contribution is 6.30. The molecule has 0 spiro atoms. The Hall–Kier alpha value is -0.740. The maximum absolute atomic E-state index is 13.2. The molecule has 0 aromatic carbocycles. The van der Waals surface area contributed by atoms with E-state index in [0.717, 1.165) is 0 Å². The lowest BCUT2D eigenvalue weighted by molar-refractivity contribution is -0.331. The van der Waals surface area contributed by atoms with Crippen LogP contribution in [0.5, 0.6) is 0 Å². The first kappa shape index (κ1) is 18.3. The third-order valence-electron chi connectivity index (χ3n) is 1.88. The van der Waals surface area contributed by atoms with E-state index in [-0.39, 0.29) is 0 Å². The average Bonchev–Trinajstić information content (AvgIpc) is 2.22. The van der Waals surface area contributed by atoms with Gasteiger partial charge in [0.15, 0.2) is 0 Å². The van der Waals surface area contributed by atoms with Crippen LogP contribution in [0, 0.1) is 0 Å². The van der Waals surface area contributed by atoms with E-state index in [1.165, 1.54) is 0 Å². The molecule has 0 fully saturated rings. The van der Waals surface area contributed by atoms with Crippen LogP contribution in [-0.4, -0.2) is 30.1 Å². The van der Waals surface area contributed by atoms with E-state index in [4.69, 9.17) is 0 Å². The Morgan fingerprint density at radius 2 is 1.26 bits per heavy atom. The quantitative estimate of drug-likeness (QED) is 0.649. The molecule has 2 atom stereocenters. The van der Waals surface area contributed by atoms with Crippen LogP contribution >= 0.6 is 11.6 Å². The summed E-state index contributed by atoms with van der Waals surface area (Å²) >= 11 is 4.21. The summed E-state index contributed by atoms with van der Waals surface area (Å²) in [6, 6.07) is 0. The van der Waals surface area contributed by atoms with E-state index >= 15 is 0 Å². The minimum absolute atomic E-state index is 1.54. The molecule has 0 bridgehead atoms. The van der Waals surface area contributed by atoms with Gasteiger partial charge in [-0.05, 0) is 0 Å². The van der Waals surface area contributed by atoms with Gasteiger partial charge in [0, 0.05) is 0 Å². The zero-order valence-electron chi connectivity index (χ0n) is 8.19. The zero-order chi connectivity index (χ0) is 15.9. The molecule has 0 aliphatic heterocycles. The van der Waals surface area contributed by atoms with Gasteiger partial charge in [-0.15, -0.1) is 0 Å². The highest BCUT2D eigenvalue weighted by Gasteiger charge is 2.79. The van der Waals surface area contributed by atoms with Crippen LogP contribution in [0.4, 0.5) is 48.3 Å². The Kier molecular flexibility index (Phi) is 4.79. The first-order valence-electron chi connectivity index (χ1n) is 3.94. The van der Waals surface area contributed by atoms with Crippen LogP contribution in [0.15, 0.2) is 11.4 Å². The molecule has 0 rings (SSSR count). The van der Waals surface area contributed by atoms with Crippen molar-refractivity contribution in [2.24, 2.45) is 0 Å². The second-order valence-electron chi connectivity index (χ2n) is 3.14. The molecule has 0 saturated carbocycles. The zero-order valence-corrected chi connectivity index (χ0v) is 8.95. The van der Waals surface area contributed by atoms with Crippen molar-refractivity contribution in [1.82, 2.24) is 0 Å². The molecule has 0 aliphatic carbocycles. The monoisotopic (exact) mass is 330 g/mol. The fourth-order valence-electron chi connectivity index (χ4n) is 0.939. The molecule has 0 heterocycles. The topological polar surface area (TPSA) is 0 Å². The van der Waals surface area contributed by atoms with Crippen molar-refractivity contribution < 1.29 is 48.3 Å². The number of halogens is 12. The Morgan fingerprint density at radius 1 is 0.895 bits per heavy atom. The molecule has 0 N–H and O–H groups in total. The third kappa shape index (κ3) is 2.90. The molecule has 0 aromatic rings. The van der Waals surface area contributed by atoms with Crippen molar-refractivity contribution in [3.8, 4) is 0 Å². The molecular weight excluding hydrogens is 329 g/mol. The van der Waals surface area contributed by atoms with Crippen molar-refractivity contribution in [1.29, 1.82) is 0 Å². The van der Waals surface area contributed by atoms with Crippen molar-refractivity contribution in [2.45, 2.75) is 30.1 Å². The lowest BCUT2D eigenvalue weighted by Crippen LogP contribution is -2.62. The fraction of sp³-hybridized carbons (Fsp3) is 0.714. The second kappa shape index (κ2) is 4.98. The SMILES string of the molecule is FC=C(Cl)C(F)(C(F)(F)F)C(F)(F)C(F)C(F)(F)F. The van der Waals surface area contributed by atoms with Crippen LogP contribution in [0.25, 0.3) is 0 Å². The van der Waals surface area contributed by atoms with Crippen molar-refractivity contribution in [3.63, 3.8) is 0 Å². The Labute approximate surface area is 102 Å². The van der Waals surface area contributed by atoms with Gasteiger partial charge in [-0.2, -0.15) is 35.1 Å². The third-order valence-corrected chi connectivity index (χ3v) is 2.22.